The molecule has 9 atom stereocenters. The number of hydrogen-bond acceptors (Lipinski definition) is 4. The Balaban J connectivity index is 1.14. The van der Waals surface area contributed by atoms with Gasteiger partial charge in [0.05, 0.1) is 0 Å². The summed E-state index contributed by atoms with van der Waals surface area (Å²) in [4.78, 5) is 0. The van der Waals surface area contributed by atoms with Crippen molar-refractivity contribution in [1.82, 2.24) is 5.32 Å². The Morgan fingerprint density at radius 1 is 0.837 bits per heavy atom. The van der Waals surface area contributed by atoms with Gasteiger partial charge in [0, 0.05) is 29.0 Å². The summed E-state index contributed by atoms with van der Waals surface area (Å²) in [5, 5.41) is 15.6. The molecule has 2 aromatic carbocycles. The van der Waals surface area contributed by atoms with Crippen molar-refractivity contribution in [1.29, 1.82) is 0 Å². The number of rotatable bonds is 0. The van der Waals surface area contributed by atoms with Crippen LogP contribution in [-0.4, -0.2) is 22.2 Å². The number of fused-ring (bicyclic) bond motifs is 5. The molecule has 5 bridgehead atoms. The van der Waals surface area contributed by atoms with Crippen molar-refractivity contribution in [3.8, 4) is 5.75 Å². The SMILES string of the molecule is C[C@H]1CC=C[C@]2(C1)C[C@]1(CCC3(CCCC3)C1)C[C@@H]1[C@H]3Cc4cc(O)cc(c4)Cc4ccccc4CN[C@H](C)CSS[C@H]4C=C[C@]12C[C@H]4C3. The lowest BCUT2D eigenvalue weighted by Crippen LogP contribution is -2.61. The number of nitrogens with one attached hydrogen (secondary N) is 1. The monoisotopic (exact) mass is 693 g/mol. The van der Waals surface area contributed by atoms with E-state index >= 15 is 0 Å². The number of aromatic hydroxyl groups is 1. The maximum absolute atomic E-state index is 11.2. The van der Waals surface area contributed by atoms with Crippen LogP contribution in [0.1, 0.15) is 120 Å². The minimum Gasteiger partial charge on any atom is -0.508 e. The summed E-state index contributed by atoms with van der Waals surface area (Å²) >= 11 is 0. The lowest BCUT2D eigenvalue weighted by atomic mass is 9.36. The van der Waals surface area contributed by atoms with E-state index < -0.39 is 0 Å². The fourth-order valence-corrected chi connectivity index (χ4v) is 16.5. The van der Waals surface area contributed by atoms with E-state index in [0.717, 1.165) is 42.9 Å². The highest BCUT2D eigenvalue weighted by atomic mass is 33.1. The molecule has 4 saturated carbocycles. The average Bonchev–Trinajstić information content (AvgIpc) is 3.67. The highest BCUT2D eigenvalue weighted by Crippen LogP contribution is 2.76. The molecule has 1 heterocycles. The number of phenolic OH excluding ortho intramolecular Hbond substituents is 1. The quantitative estimate of drug-likeness (QED) is 0.212. The van der Waals surface area contributed by atoms with Crippen LogP contribution in [0, 0.1) is 45.3 Å². The van der Waals surface area contributed by atoms with Gasteiger partial charge < -0.3 is 10.4 Å². The molecule has 0 saturated heterocycles. The van der Waals surface area contributed by atoms with Gasteiger partial charge in [-0.05, 0) is 165 Å². The Bertz CT molecular complexity index is 1610. The van der Waals surface area contributed by atoms with Gasteiger partial charge in [0.1, 0.15) is 5.75 Å². The second-order valence-electron chi connectivity index (χ2n) is 18.6. The van der Waals surface area contributed by atoms with E-state index in [9.17, 15) is 5.11 Å². The fourth-order valence-electron chi connectivity index (χ4n) is 13.4. The molecule has 262 valence electrons. The Morgan fingerprint density at radius 2 is 1.65 bits per heavy atom. The normalized spacial score (nSPS) is 41.2. The van der Waals surface area contributed by atoms with E-state index in [1.54, 1.807) is 0 Å². The summed E-state index contributed by atoms with van der Waals surface area (Å²) in [6.45, 7) is 5.80. The molecule has 2 N–H and O–H groups in total. The first kappa shape index (κ1) is 33.2. The first-order valence-electron chi connectivity index (χ1n) is 20.0. The number of allylic oxidation sites excluding steroid dienone is 3. The van der Waals surface area contributed by atoms with Crippen LogP contribution in [0.15, 0.2) is 66.8 Å². The fraction of sp³-hybridized carbons (Fsp3) is 0.644. The maximum atomic E-state index is 11.2. The molecular formula is C45H59NOS2. The van der Waals surface area contributed by atoms with Crippen molar-refractivity contribution in [2.24, 2.45) is 45.3 Å². The minimum atomic E-state index is 0.264. The van der Waals surface area contributed by atoms with Gasteiger partial charge in [-0.2, -0.15) is 0 Å². The summed E-state index contributed by atoms with van der Waals surface area (Å²) in [5.74, 6) is 4.46. The third kappa shape index (κ3) is 6.00. The van der Waals surface area contributed by atoms with E-state index in [1.165, 1.54) is 106 Å². The summed E-state index contributed by atoms with van der Waals surface area (Å²) in [7, 11) is 4.28. The number of phenols is 1. The zero-order valence-corrected chi connectivity index (χ0v) is 31.7. The van der Waals surface area contributed by atoms with Crippen molar-refractivity contribution in [3.63, 3.8) is 0 Å². The van der Waals surface area contributed by atoms with Crippen molar-refractivity contribution in [3.05, 3.63) is 89.0 Å². The van der Waals surface area contributed by atoms with Crippen molar-refractivity contribution in [2.75, 3.05) is 5.75 Å². The molecule has 4 heteroatoms. The molecule has 4 fully saturated rings. The van der Waals surface area contributed by atoms with Gasteiger partial charge in [-0.25, -0.2) is 0 Å². The summed E-state index contributed by atoms with van der Waals surface area (Å²) in [5.41, 5.74) is 7.09. The van der Waals surface area contributed by atoms with Crippen LogP contribution < -0.4 is 5.32 Å². The van der Waals surface area contributed by atoms with E-state index in [1.807, 2.05) is 6.07 Å². The van der Waals surface area contributed by atoms with Crippen molar-refractivity contribution >= 4 is 21.6 Å². The first-order chi connectivity index (χ1) is 23.8. The topological polar surface area (TPSA) is 32.3 Å². The Kier molecular flexibility index (Phi) is 8.68. The molecule has 6 aliphatic carbocycles. The molecule has 0 amide bonds. The molecular weight excluding hydrogens is 635 g/mol. The van der Waals surface area contributed by atoms with Gasteiger partial charge >= 0.3 is 0 Å². The molecule has 1 aliphatic heterocycles. The van der Waals surface area contributed by atoms with E-state index in [4.69, 9.17) is 0 Å². The van der Waals surface area contributed by atoms with Crippen LogP contribution >= 0.6 is 21.6 Å². The minimum absolute atomic E-state index is 0.264. The number of benzene rings is 2. The molecule has 2 nitrogen and oxygen atoms in total. The Hall–Kier alpha value is -1.62. The van der Waals surface area contributed by atoms with Gasteiger partial charge in [0.25, 0.3) is 0 Å². The highest BCUT2D eigenvalue weighted by molar-refractivity contribution is 8.77. The third-order valence-electron chi connectivity index (χ3n) is 15.2. The molecule has 2 aromatic rings. The largest absolute Gasteiger partial charge is 0.508 e. The first-order valence-corrected chi connectivity index (χ1v) is 22.4. The van der Waals surface area contributed by atoms with Gasteiger partial charge in [0.2, 0.25) is 0 Å². The predicted octanol–water partition coefficient (Wildman–Crippen LogP) is 11.5. The lowest BCUT2D eigenvalue weighted by molar-refractivity contribution is -0.136. The van der Waals surface area contributed by atoms with Crippen LogP contribution in [-0.2, 0) is 19.4 Å². The standard InChI is InChI=1S/C45H59NOS2/c1-31-8-7-14-44(24-31)30-43(17-16-42(29-43)12-5-6-13-42)26-40-37-20-34-18-33(21-39(47)22-34)19-35-9-3-4-10-36(35)27-46-32(2)28-48-49-41-11-15-45(40,44)25-38(41)23-37/h3-4,7,9-11,14-15,18,21-22,31-32,37-38,40-41,46-47H,5-6,8,12-13,16-17,19-20,23-30H2,1-2H3/t31-,32+,37-,38+,40+,41-,43+,44-,45-/m0/s1. The molecule has 0 radical (unpaired) electrons. The zero-order chi connectivity index (χ0) is 33.3. The van der Waals surface area contributed by atoms with Crippen LogP contribution in [0.25, 0.3) is 0 Å². The molecule has 4 spiro atoms. The number of hydrogen-bond donors (Lipinski definition) is 2. The molecule has 49 heavy (non-hydrogen) atoms. The van der Waals surface area contributed by atoms with E-state index in [2.05, 4.69) is 101 Å². The molecule has 9 rings (SSSR count). The Labute approximate surface area is 304 Å². The Morgan fingerprint density at radius 3 is 2.51 bits per heavy atom. The smallest absolute Gasteiger partial charge is 0.116 e. The highest BCUT2D eigenvalue weighted by Gasteiger charge is 2.67. The van der Waals surface area contributed by atoms with Crippen LogP contribution in [0.3, 0.4) is 0 Å². The van der Waals surface area contributed by atoms with Gasteiger partial charge in [0.15, 0.2) is 0 Å². The van der Waals surface area contributed by atoms with Gasteiger partial charge in [-0.3, -0.25) is 0 Å². The van der Waals surface area contributed by atoms with Crippen molar-refractivity contribution in [2.45, 2.75) is 128 Å². The summed E-state index contributed by atoms with van der Waals surface area (Å²) in [6, 6.07) is 16.0. The molecule has 7 aliphatic rings. The summed E-state index contributed by atoms with van der Waals surface area (Å²) in [6.07, 6.45) is 31.7. The maximum Gasteiger partial charge on any atom is 0.116 e. The zero-order valence-electron chi connectivity index (χ0n) is 30.1. The van der Waals surface area contributed by atoms with E-state index in [0.29, 0.717) is 39.2 Å². The van der Waals surface area contributed by atoms with Crippen molar-refractivity contribution < 1.29 is 5.11 Å². The molecule has 0 unspecified atom stereocenters. The summed E-state index contributed by atoms with van der Waals surface area (Å²) < 4.78 is 0. The van der Waals surface area contributed by atoms with Gasteiger partial charge in [-0.1, -0.05) is 96.0 Å². The van der Waals surface area contributed by atoms with Crippen LogP contribution in [0.2, 0.25) is 0 Å². The van der Waals surface area contributed by atoms with E-state index in [-0.39, 0.29) is 5.41 Å². The second kappa shape index (κ2) is 12.8. The second-order valence-corrected chi connectivity index (χ2v) is 21.2. The van der Waals surface area contributed by atoms with Gasteiger partial charge in [-0.15, -0.1) is 0 Å². The predicted molar refractivity (Wildman–Crippen MR) is 209 cm³/mol. The lowest BCUT2D eigenvalue weighted by Gasteiger charge is -2.68. The third-order valence-corrected chi connectivity index (χ3v) is 18.2. The van der Waals surface area contributed by atoms with Crippen LogP contribution in [0.4, 0.5) is 0 Å². The molecule has 0 aromatic heterocycles. The van der Waals surface area contributed by atoms with Crippen LogP contribution in [0.5, 0.6) is 5.75 Å². The average molecular weight is 694 g/mol.